The summed E-state index contributed by atoms with van der Waals surface area (Å²) in [6.45, 7) is 2.38. The highest BCUT2D eigenvalue weighted by Crippen LogP contribution is 2.48. The molecule has 1 fully saturated rings. The third-order valence-corrected chi connectivity index (χ3v) is 4.71. The lowest BCUT2D eigenvalue weighted by Gasteiger charge is -2.23. The monoisotopic (exact) mass is 132 g/mol. The molecule has 1 aliphatic heterocycles. The Bertz CT molecular complexity index is 86.4. The minimum Gasteiger partial charge on any atom is -0.246 e. The van der Waals surface area contributed by atoms with Crippen molar-refractivity contribution in [2.75, 3.05) is 24.0 Å². The van der Waals surface area contributed by atoms with Crippen LogP contribution in [-0.4, -0.2) is 24.0 Å². The topological polar surface area (TPSA) is 0 Å². The first-order valence-electron chi connectivity index (χ1n) is 3.29. The zero-order chi connectivity index (χ0) is 6.20. The van der Waals surface area contributed by atoms with E-state index in [1.165, 1.54) is 17.9 Å². The maximum Gasteiger partial charge on any atom is -0.0207 e. The van der Waals surface area contributed by atoms with Gasteiger partial charge in [0.2, 0.25) is 0 Å². The van der Waals surface area contributed by atoms with E-state index < -0.39 is 0 Å². The molecule has 0 saturated carbocycles. The lowest BCUT2D eigenvalue weighted by Crippen LogP contribution is -1.97. The zero-order valence-electron chi connectivity index (χ0n) is 6.11. The van der Waals surface area contributed by atoms with Gasteiger partial charge in [0.1, 0.15) is 0 Å². The van der Waals surface area contributed by atoms with Crippen molar-refractivity contribution < 1.29 is 0 Å². The van der Waals surface area contributed by atoms with Crippen LogP contribution >= 0.6 is 10.0 Å². The van der Waals surface area contributed by atoms with E-state index in [4.69, 9.17) is 0 Å². The minimum absolute atomic E-state index is 0.0955. The van der Waals surface area contributed by atoms with Crippen LogP contribution in [0.4, 0.5) is 0 Å². The van der Waals surface area contributed by atoms with Gasteiger partial charge in [-0.3, -0.25) is 0 Å². The molecule has 50 valence electrons. The summed E-state index contributed by atoms with van der Waals surface area (Å²) in [5, 5.41) is 0. The second-order valence-electron chi connectivity index (χ2n) is 3.53. The predicted molar refractivity (Wildman–Crippen MR) is 43.0 cm³/mol. The van der Waals surface area contributed by atoms with Crippen molar-refractivity contribution in [2.45, 2.75) is 13.3 Å². The summed E-state index contributed by atoms with van der Waals surface area (Å²) in [5.41, 5.74) is 0. The van der Waals surface area contributed by atoms with Gasteiger partial charge in [0.25, 0.3) is 0 Å². The molecule has 0 aromatic rings. The molecule has 0 N–H and O–H groups in total. The third kappa shape index (κ3) is 1.41. The first kappa shape index (κ1) is 6.47. The fraction of sp³-hybridized carbons (Fsp3) is 1.00. The van der Waals surface area contributed by atoms with Gasteiger partial charge in [-0.05, 0) is 36.4 Å². The van der Waals surface area contributed by atoms with Crippen LogP contribution in [0.1, 0.15) is 13.3 Å². The average Bonchev–Trinajstić information content (AvgIpc) is 1.82. The molecule has 1 heterocycles. The molecule has 0 unspecified atom stereocenters. The zero-order valence-corrected chi connectivity index (χ0v) is 6.92. The first-order valence-corrected chi connectivity index (χ1v) is 6.08. The Morgan fingerprint density at radius 1 is 1.38 bits per heavy atom. The fourth-order valence-electron chi connectivity index (χ4n) is 1.46. The highest BCUT2D eigenvalue weighted by Gasteiger charge is 2.23. The summed E-state index contributed by atoms with van der Waals surface area (Å²) in [5.74, 6) is 4.07. The minimum atomic E-state index is -0.0955. The molecule has 0 aromatic heterocycles. The van der Waals surface area contributed by atoms with E-state index in [9.17, 15) is 0 Å². The Morgan fingerprint density at radius 3 is 2.12 bits per heavy atom. The lowest BCUT2D eigenvalue weighted by molar-refractivity contribution is 0.669. The first-order chi connectivity index (χ1) is 3.60. The van der Waals surface area contributed by atoms with Gasteiger partial charge in [-0.2, -0.15) is 0 Å². The van der Waals surface area contributed by atoms with E-state index in [-0.39, 0.29) is 10.0 Å². The molecule has 0 bridgehead atoms. The van der Waals surface area contributed by atoms with Crippen LogP contribution in [0.25, 0.3) is 0 Å². The van der Waals surface area contributed by atoms with E-state index in [2.05, 4.69) is 19.4 Å². The van der Waals surface area contributed by atoms with Crippen molar-refractivity contribution in [1.29, 1.82) is 0 Å². The molecule has 0 aromatic carbocycles. The second kappa shape index (κ2) is 1.94. The van der Waals surface area contributed by atoms with Gasteiger partial charge >= 0.3 is 0 Å². The Morgan fingerprint density at radius 2 is 2.00 bits per heavy atom. The Hall–Kier alpha value is 0.350. The van der Waals surface area contributed by atoms with Gasteiger partial charge in [-0.1, -0.05) is 6.92 Å². The molecular weight excluding hydrogens is 116 g/mol. The van der Waals surface area contributed by atoms with Gasteiger partial charge in [-0.15, -0.1) is 0 Å². The van der Waals surface area contributed by atoms with Gasteiger partial charge < -0.3 is 0 Å². The molecule has 1 rings (SSSR count). The predicted octanol–water partition coefficient (Wildman–Crippen LogP) is 2.09. The summed E-state index contributed by atoms with van der Waals surface area (Å²) >= 11 is 0. The van der Waals surface area contributed by atoms with Crippen LogP contribution in [-0.2, 0) is 0 Å². The highest BCUT2D eigenvalue weighted by molar-refractivity contribution is 8.32. The maximum absolute atomic E-state index is 2.45. The van der Waals surface area contributed by atoms with Crippen LogP contribution in [0.5, 0.6) is 0 Å². The second-order valence-corrected chi connectivity index (χ2v) is 7.81. The van der Waals surface area contributed by atoms with Crippen LogP contribution in [0.3, 0.4) is 0 Å². The molecular formula is C7H16S. The molecule has 1 saturated heterocycles. The number of hydrogen-bond donors (Lipinski definition) is 0. The van der Waals surface area contributed by atoms with Crippen molar-refractivity contribution in [2.24, 2.45) is 5.92 Å². The molecule has 0 radical (unpaired) electrons. The van der Waals surface area contributed by atoms with Crippen molar-refractivity contribution in [3.05, 3.63) is 0 Å². The summed E-state index contributed by atoms with van der Waals surface area (Å²) in [6, 6.07) is 0. The van der Waals surface area contributed by atoms with E-state index in [1.54, 1.807) is 0 Å². The molecule has 0 amide bonds. The standard InChI is InChI=1S/C7H16S/c1-7-4-5-8(2,3)6-7/h7H,4-6H2,1-3H3/t7-/m1/s1. The van der Waals surface area contributed by atoms with Gasteiger partial charge in [-0.25, -0.2) is 10.0 Å². The molecule has 1 atom stereocenters. The average molecular weight is 132 g/mol. The van der Waals surface area contributed by atoms with Crippen molar-refractivity contribution in [1.82, 2.24) is 0 Å². The number of hydrogen-bond acceptors (Lipinski definition) is 0. The maximum atomic E-state index is 2.45. The van der Waals surface area contributed by atoms with E-state index in [0.29, 0.717) is 0 Å². The molecule has 0 aliphatic carbocycles. The Labute approximate surface area is 54.0 Å². The summed E-state index contributed by atoms with van der Waals surface area (Å²) in [7, 11) is -0.0955. The smallest absolute Gasteiger partial charge is 0.0207 e. The quantitative estimate of drug-likeness (QED) is 0.473. The van der Waals surface area contributed by atoms with Gasteiger partial charge in [0.15, 0.2) is 0 Å². The summed E-state index contributed by atoms with van der Waals surface area (Å²) < 4.78 is 0. The van der Waals surface area contributed by atoms with E-state index in [1.807, 2.05) is 0 Å². The van der Waals surface area contributed by atoms with Crippen LogP contribution < -0.4 is 0 Å². The summed E-state index contributed by atoms with van der Waals surface area (Å²) in [6.07, 6.45) is 6.40. The molecule has 8 heavy (non-hydrogen) atoms. The molecule has 1 heteroatoms. The molecule has 0 spiro atoms. The SMILES string of the molecule is C[C@@H]1CCS(C)(C)C1. The van der Waals surface area contributed by atoms with E-state index >= 15 is 0 Å². The number of rotatable bonds is 0. The fourth-order valence-corrected chi connectivity index (χ4v) is 4.37. The normalized spacial score (nSPS) is 39.6. The summed E-state index contributed by atoms with van der Waals surface area (Å²) in [4.78, 5) is 0. The van der Waals surface area contributed by atoms with Crippen molar-refractivity contribution >= 4 is 10.0 Å². The van der Waals surface area contributed by atoms with E-state index in [0.717, 1.165) is 5.92 Å². The molecule has 1 aliphatic rings. The van der Waals surface area contributed by atoms with Crippen LogP contribution in [0, 0.1) is 5.92 Å². The Kier molecular flexibility index (Phi) is 1.57. The van der Waals surface area contributed by atoms with Gasteiger partial charge in [0, 0.05) is 0 Å². The van der Waals surface area contributed by atoms with Crippen LogP contribution in [0.15, 0.2) is 0 Å². The third-order valence-electron chi connectivity index (χ3n) is 1.90. The largest absolute Gasteiger partial charge is 0.246 e. The van der Waals surface area contributed by atoms with Crippen LogP contribution in [0.2, 0.25) is 0 Å². The van der Waals surface area contributed by atoms with Gasteiger partial charge in [0.05, 0.1) is 0 Å². The van der Waals surface area contributed by atoms with Crippen molar-refractivity contribution in [3.8, 4) is 0 Å². The molecule has 0 nitrogen and oxygen atoms in total. The lowest BCUT2D eigenvalue weighted by atomic mass is 10.2. The highest BCUT2D eigenvalue weighted by atomic mass is 32.3. The Balaban J connectivity index is 2.44. The van der Waals surface area contributed by atoms with Crippen molar-refractivity contribution in [3.63, 3.8) is 0 Å².